The van der Waals surface area contributed by atoms with E-state index in [1.54, 1.807) is 30.3 Å². The van der Waals surface area contributed by atoms with E-state index in [2.05, 4.69) is 4.98 Å². The average molecular weight is 441 g/mol. The van der Waals surface area contributed by atoms with Crippen LogP contribution in [0.25, 0.3) is 11.1 Å². The highest BCUT2D eigenvalue weighted by Gasteiger charge is 2.42. The molecule has 1 saturated carbocycles. The third kappa shape index (κ3) is 3.95. The molecule has 0 unspecified atom stereocenters. The van der Waals surface area contributed by atoms with Gasteiger partial charge in [-0.2, -0.15) is 13.2 Å². The molecular formula is C25H22F3NO3. The number of aliphatic carboxylic acids is 1. The zero-order valence-corrected chi connectivity index (χ0v) is 17.2. The highest BCUT2D eigenvalue weighted by molar-refractivity contribution is 6.13. The number of aromatic amines is 1. The summed E-state index contributed by atoms with van der Waals surface area (Å²) in [5.74, 6) is -1.22. The number of benzene rings is 2. The molecule has 2 N–H and O–H groups in total. The van der Waals surface area contributed by atoms with Crippen LogP contribution in [0, 0.1) is 0 Å². The first-order valence-electron chi connectivity index (χ1n) is 10.5. The minimum Gasteiger partial charge on any atom is -0.481 e. The van der Waals surface area contributed by atoms with Gasteiger partial charge in [-0.25, -0.2) is 0 Å². The van der Waals surface area contributed by atoms with Gasteiger partial charge in [-0.15, -0.1) is 0 Å². The first kappa shape index (κ1) is 21.9. The molecule has 2 aromatic carbocycles. The summed E-state index contributed by atoms with van der Waals surface area (Å²) in [6.07, 6.45) is 0.713. The molecule has 7 heteroatoms. The molecular weight excluding hydrogens is 419 g/mol. The summed E-state index contributed by atoms with van der Waals surface area (Å²) in [6.45, 7) is 0. The van der Waals surface area contributed by atoms with Crippen molar-refractivity contribution in [3.05, 3.63) is 83.2 Å². The van der Waals surface area contributed by atoms with E-state index in [0.29, 0.717) is 40.8 Å². The van der Waals surface area contributed by atoms with E-state index in [1.807, 2.05) is 0 Å². The number of nitrogens with one attached hydrogen (secondary N) is 1. The molecule has 0 spiro atoms. The Bertz CT molecular complexity index is 1140. The molecule has 1 aromatic heterocycles. The highest BCUT2D eigenvalue weighted by atomic mass is 19.4. The Balaban J connectivity index is 1.68. The lowest BCUT2D eigenvalue weighted by molar-refractivity contribution is -0.145. The highest BCUT2D eigenvalue weighted by Crippen LogP contribution is 2.40. The van der Waals surface area contributed by atoms with E-state index < -0.39 is 23.1 Å². The van der Waals surface area contributed by atoms with E-state index in [4.69, 9.17) is 0 Å². The van der Waals surface area contributed by atoms with E-state index in [1.165, 1.54) is 18.3 Å². The van der Waals surface area contributed by atoms with Gasteiger partial charge in [-0.3, -0.25) is 9.59 Å². The maximum absolute atomic E-state index is 13.3. The zero-order valence-electron chi connectivity index (χ0n) is 17.2. The summed E-state index contributed by atoms with van der Waals surface area (Å²) in [6, 6.07) is 13.0. The van der Waals surface area contributed by atoms with E-state index in [0.717, 1.165) is 31.4 Å². The molecule has 1 heterocycles. The predicted molar refractivity (Wildman–Crippen MR) is 114 cm³/mol. The molecule has 1 aliphatic rings. The second-order valence-corrected chi connectivity index (χ2v) is 8.20. The fourth-order valence-electron chi connectivity index (χ4n) is 4.48. The van der Waals surface area contributed by atoms with Gasteiger partial charge in [0.1, 0.15) is 5.41 Å². The van der Waals surface area contributed by atoms with Gasteiger partial charge in [0, 0.05) is 23.0 Å². The van der Waals surface area contributed by atoms with Crippen molar-refractivity contribution < 1.29 is 27.9 Å². The molecule has 1 fully saturated rings. The van der Waals surface area contributed by atoms with Crippen LogP contribution in [0.4, 0.5) is 13.2 Å². The average Bonchev–Trinajstić information content (AvgIpc) is 3.29. The second-order valence-electron chi connectivity index (χ2n) is 8.20. The maximum atomic E-state index is 13.3. The third-order valence-electron chi connectivity index (χ3n) is 6.27. The Hall–Kier alpha value is -3.35. The number of rotatable bonds is 5. The van der Waals surface area contributed by atoms with Crippen LogP contribution in [0.15, 0.2) is 60.8 Å². The lowest BCUT2D eigenvalue weighted by Crippen LogP contribution is -2.38. The Kier molecular flexibility index (Phi) is 5.67. The standard InChI is InChI=1S/C25H22F3NO3/c26-25(27,28)18-10-8-16(9-11-18)19-6-2-3-7-20(19)22(30)17-14-21(29-15-17)24(23(31)32)12-4-1-5-13-24/h2-3,6-11,14-15,29H,1,4-5,12-13H2,(H,31,32). The van der Waals surface area contributed by atoms with Crippen molar-refractivity contribution in [2.24, 2.45) is 0 Å². The fourth-order valence-corrected chi connectivity index (χ4v) is 4.48. The van der Waals surface area contributed by atoms with Crippen LogP contribution in [0.5, 0.6) is 0 Å². The van der Waals surface area contributed by atoms with Gasteiger partial charge < -0.3 is 10.1 Å². The van der Waals surface area contributed by atoms with Crippen molar-refractivity contribution in [2.75, 3.05) is 0 Å². The van der Waals surface area contributed by atoms with Crippen molar-refractivity contribution in [3.8, 4) is 11.1 Å². The van der Waals surface area contributed by atoms with Gasteiger partial charge in [-0.05, 0) is 42.2 Å². The quantitative estimate of drug-likeness (QED) is 0.462. The minimum atomic E-state index is -4.44. The van der Waals surface area contributed by atoms with Crippen LogP contribution >= 0.6 is 0 Å². The molecule has 0 atom stereocenters. The van der Waals surface area contributed by atoms with Gasteiger partial charge in [-0.1, -0.05) is 55.7 Å². The molecule has 166 valence electrons. The predicted octanol–water partition coefficient (Wildman–Crippen LogP) is 6.22. The van der Waals surface area contributed by atoms with Gasteiger partial charge in [0.05, 0.1) is 5.56 Å². The SMILES string of the molecule is O=C(c1c[nH]c(C2(C(=O)O)CCCCC2)c1)c1ccccc1-c1ccc(C(F)(F)F)cc1. The third-order valence-corrected chi connectivity index (χ3v) is 6.27. The Morgan fingerprint density at radius 2 is 1.59 bits per heavy atom. The first-order chi connectivity index (χ1) is 15.2. The first-order valence-corrected chi connectivity index (χ1v) is 10.5. The normalized spacial score (nSPS) is 16.0. The van der Waals surface area contributed by atoms with Crippen LogP contribution in [-0.2, 0) is 16.4 Å². The second kappa shape index (κ2) is 8.30. The number of carboxylic acids is 1. The number of halogens is 3. The summed E-state index contributed by atoms with van der Waals surface area (Å²) < 4.78 is 38.7. The lowest BCUT2D eigenvalue weighted by Gasteiger charge is -2.32. The number of H-pyrrole nitrogens is 1. The van der Waals surface area contributed by atoms with Crippen LogP contribution < -0.4 is 0 Å². The van der Waals surface area contributed by atoms with Gasteiger partial charge in [0.2, 0.25) is 0 Å². The molecule has 0 radical (unpaired) electrons. The number of carbonyl (C=O) groups excluding carboxylic acids is 1. The Morgan fingerprint density at radius 3 is 2.22 bits per heavy atom. The fraction of sp³-hybridized carbons (Fsp3) is 0.280. The molecule has 0 saturated heterocycles. The number of carboxylic acid groups (broad SMARTS) is 1. The van der Waals surface area contributed by atoms with Crippen molar-refractivity contribution >= 4 is 11.8 Å². The van der Waals surface area contributed by atoms with Crippen LogP contribution in [0.2, 0.25) is 0 Å². The van der Waals surface area contributed by atoms with Crippen molar-refractivity contribution in [1.29, 1.82) is 0 Å². The van der Waals surface area contributed by atoms with Crippen LogP contribution in [0.3, 0.4) is 0 Å². The van der Waals surface area contributed by atoms with Gasteiger partial charge >= 0.3 is 12.1 Å². The van der Waals surface area contributed by atoms with Gasteiger partial charge in [0.25, 0.3) is 0 Å². The number of ketones is 1. The number of aromatic nitrogens is 1. The van der Waals surface area contributed by atoms with E-state index >= 15 is 0 Å². The summed E-state index contributed by atoms with van der Waals surface area (Å²) in [4.78, 5) is 28.4. The Morgan fingerprint density at radius 1 is 0.938 bits per heavy atom. The molecule has 4 rings (SSSR count). The maximum Gasteiger partial charge on any atom is 0.416 e. The summed E-state index contributed by atoms with van der Waals surface area (Å²) in [5.41, 5.74) is 0.402. The topological polar surface area (TPSA) is 70.2 Å². The monoisotopic (exact) mass is 441 g/mol. The van der Waals surface area contributed by atoms with Crippen LogP contribution in [0.1, 0.15) is 59.3 Å². The van der Waals surface area contributed by atoms with Crippen molar-refractivity contribution in [1.82, 2.24) is 4.98 Å². The number of hydrogen-bond donors (Lipinski definition) is 2. The molecule has 1 aliphatic carbocycles. The molecule has 4 nitrogen and oxygen atoms in total. The smallest absolute Gasteiger partial charge is 0.416 e. The van der Waals surface area contributed by atoms with Crippen LogP contribution in [-0.4, -0.2) is 21.8 Å². The van der Waals surface area contributed by atoms with E-state index in [-0.39, 0.29) is 5.78 Å². The zero-order chi connectivity index (χ0) is 22.9. The van der Waals surface area contributed by atoms with Crippen molar-refractivity contribution in [2.45, 2.75) is 43.7 Å². The molecule has 32 heavy (non-hydrogen) atoms. The van der Waals surface area contributed by atoms with E-state index in [9.17, 15) is 27.9 Å². The van der Waals surface area contributed by atoms with Gasteiger partial charge in [0.15, 0.2) is 5.78 Å². The molecule has 0 amide bonds. The molecule has 3 aromatic rings. The molecule has 0 aliphatic heterocycles. The minimum absolute atomic E-state index is 0.320. The lowest BCUT2D eigenvalue weighted by atomic mass is 9.72. The Labute approximate surface area is 183 Å². The largest absolute Gasteiger partial charge is 0.481 e. The number of alkyl halides is 3. The summed E-state index contributed by atoms with van der Waals surface area (Å²) in [5, 5.41) is 9.89. The summed E-state index contributed by atoms with van der Waals surface area (Å²) >= 11 is 0. The molecule has 0 bridgehead atoms. The van der Waals surface area contributed by atoms with Crippen molar-refractivity contribution in [3.63, 3.8) is 0 Å². The summed E-state index contributed by atoms with van der Waals surface area (Å²) in [7, 11) is 0. The number of hydrogen-bond acceptors (Lipinski definition) is 2. The number of carbonyl (C=O) groups is 2.